The summed E-state index contributed by atoms with van der Waals surface area (Å²) in [6.07, 6.45) is 4.84. The summed E-state index contributed by atoms with van der Waals surface area (Å²) in [5, 5.41) is 3.55. The molecule has 2 rings (SSSR count). The second kappa shape index (κ2) is 6.90. The van der Waals surface area contributed by atoms with Gasteiger partial charge in [0.15, 0.2) is 0 Å². The third-order valence-corrected chi connectivity index (χ3v) is 4.63. The molecule has 2 fully saturated rings. The van der Waals surface area contributed by atoms with Crippen LogP contribution in [0.5, 0.6) is 0 Å². The number of rotatable bonds is 6. The number of likely N-dealkylation sites (tertiary alicyclic amines) is 1. The number of amides is 1. The lowest BCUT2D eigenvalue weighted by atomic mass is 10.1. The van der Waals surface area contributed by atoms with Crippen LogP contribution in [0.1, 0.15) is 53.4 Å². The third kappa shape index (κ3) is 3.34. The number of hydrogen-bond acceptors (Lipinski definition) is 3. The highest BCUT2D eigenvalue weighted by Gasteiger charge is 2.42. The lowest BCUT2D eigenvalue weighted by molar-refractivity contribution is -0.133. The van der Waals surface area contributed by atoms with Gasteiger partial charge in [0.25, 0.3) is 0 Å². The van der Waals surface area contributed by atoms with Crippen LogP contribution in [0, 0.1) is 5.92 Å². The molecule has 0 aromatic heterocycles. The number of hydrogen-bond donors (Lipinski definition) is 1. The first kappa shape index (κ1) is 15.8. The highest BCUT2D eigenvalue weighted by molar-refractivity contribution is 5.84. The Morgan fingerprint density at radius 1 is 1.25 bits per heavy atom. The Bertz CT molecular complexity index is 326. The van der Waals surface area contributed by atoms with E-state index in [9.17, 15) is 4.79 Å². The van der Waals surface area contributed by atoms with Gasteiger partial charge in [0.1, 0.15) is 0 Å². The predicted molar refractivity (Wildman–Crippen MR) is 82.4 cm³/mol. The molecule has 0 spiro atoms. The van der Waals surface area contributed by atoms with Crippen LogP contribution in [0.25, 0.3) is 0 Å². The summed E-state index contributed by atoms with van der Waals surface area (Å²) < 4.78 is 0. The molecule has 1 N–H and O–H groups in total. The molecular weight excluding hydrogens is 250 g/mol. The van der Waals surface area contributed by atoms with Crippen LogP contribution in [-0.4, -0.2) is 53.6 Å². The van der Waals surface area contributed by atoms with Gasteiger partial charge in [-0.3, -0.25) is 10.1 Å². The molecule has 0 bridgehead atoms. The fourth-order valence-electron chi connectivity index (χ4n) is 3.60. The van der Waals surface area contributed by atoms with E-state index in [-0.39, 0.29) is 12.2 Å². The maximum Gasteiger partial charge on any atom is 0.241 e. The predicted octanol–water partition coefficient (Wildman–Crippen LogP) is 2.05. The summed E-state index contributed by atoms with van der Waals surface area (Å²) in [5.41, 5.74) is 0. The molecule has 0 aromatic carbocycles. The van der Waals surface area contributed by atoms with Gasteiger partial charge in [0.2, 0.25) is 5.91 Å². The second-order valence-electron chi connectivity index (χ2n) is 6.80. The minimum absolute atomic E-state index is 0.0356. The van der Waals surface area contributed by atoms with Gasteiger partial charge in [-0.05, 0) is 45.2 Å². The quantitative estimate of drug-likeness (QED) is 0.809. The average Bonchev–Trinajstić information content (AvgIpc) is 2.99. The fraction of sp³-hybridized carbons (Fsp3) is 0.938. The minimum atomic E-state index is 0.0356. The number of carbonyl (C=O) groups is 1. The van der Waals surface area contributed by atoms with Crippen LogP contribution in [0.15, 0.2) is 0 Å². The highest BCUT2D eigenvalue weighted by Crippen LogP contribution is 2.23. The summed E-state index contributed by atoms with van der Waals surface area (Å²) >= 11 is 0. The molecule has 116 valence electrons. The van der Waals surface area contributed by atoms with Gasteiger partial charge in [0, 0.05) is 12.6 Å². The van der Waals surface area contributed by atoms with Crippen molar-refractivity contribution in [2.45, 2.75) is 71.6 Å². The molecule has 3 unspecified atom stereocenters. The Kier molecular flexibility index (Phi) is 5.44. The van der Waals surface area contributed by atoms with Gasteiger partial charge in [-0.15, -0.1) is 0 Å². The second-order valence-corrected chi connectivity index (χ2v) is 6.80. The Labute approximate surface area is 123 Å². The lowest BCUT2D eigenvalue weighted by Gasteiger charge is -2.34. The fourth-order valence-corrected chi connectivity index (χ4v) is 3.60. The molecule has 1 amide bonds. The number of nitrogens with zero attached hydrogens (tertiary/aromatic N) is 2. The Hall–Kier alpha value is -0.610. The first-order valence-corrected chi connectivity index (χ1v) is 8.35. The molecule has 4 nitrogen and oxygen atoms in total. The van der Waals surface area contributed by atoms with E-state index in [0.717, 1.165) is 19.4 Å². The summed E-state index contributed by atoms with van der Waals surface area (Å²) in [6.45, 7) is 12.2. The van der Waals surface area contributed by atoms with Crippen molar-refractivity contribution in [3.8, 4) is 0 Å². The Morgan fingerprint density at radius 3 is 2.45 bits per heavy atom. The van der Waals surface area contributed by atoms with Gasteiger partial charge in [-0.25, -0.2) is 0 Å². The minimum Gasteiger partial charge on any atom is -0.322 e. The zero-order valence-corrected chi connectivity index (χ0v) is 13.6. The largest absolute Gasteiger partial charge is 0.322 e. The summed E-state index contributed by atoms with van der Waals surface area (Å²) in [7, 11) is 0. The summed E-state index contributed by atoms with van der Waals surface area (Å²) in [4.78, 5) is 17.3. The first-order valence-electron chi connectivity index (χ1n) is 8.35. The van der Waals surface area contributed by atoms with E-state index in [1.54, 1.807) is 0 Å². The first-order chi connectivity index (χ1) is 9.54. The topological polar surface area (TPSA) is 35.6 Å². The smallest absolute Gasteiger partial charge is 0.241 e. The third-order valence-electron chi connectivity index (χ3n) is 4.63. The average molecular weight is 281 g/mol. The molecule has 20 heavy (non-hydrogen) atoms. The van der Waals surface area contributed by atoms with Crippen molar-refractivity contribution in [2.24, 2.45) is 5.92 Å². The molecule has 3 atom stereocenters. The molecule has 0 radical (unpaired) electrons. The Balaban J connectivity index is 2.02. The van der Waals surface area contributed by atoms with Crippen LogP contribution in [0.4, 0.5) is 0 Å². The van der Waals surface area contributed by atoms with Crippen molar-refractivity contribution in [3.63, 3.8) is 0 Å². The molecule has 2 aliphatic heterocycles. The maximum atomic E-state index is 12.7. The molecule has 0 aromatic rings. The van der Waals surface area contributed by atoms with Crippen LogP contribution >= 0.6 is 0 Å². The molecule has 2 aliphatic rings. The molecule has 4 heteroatoms. The van der Waals surface area contributed by atoms with Crippen molar-refractivity contribution in [2.75, 3.05) is 19.6 Å². The zero-order valence-electron chi connectivity index (χ0n) is 13.6. The van der Waals surface area contributed by atoms with Crippen LogP contribution in [-0.2, 0) is 4.79 Å². The summed E-state index contributed by atoms with van der Waals surface area (Å²) in [5.74, 6) is 0.777. The monoisotopic (exact) mass is 281 g/mol. The van der Waals surface area contributed by atoms with Gasteiger partial charge in [-0.1, -0.05) is 27.2 Å². The molecule has 2 heterocycles. The van der Waals surface area contributed by atoms with Crippen LogP contribution in [0.2, 0.25) is 0 Å². The maximum absolute atomic E-state index is 12.7. The normalized spacial score (nSPS) is 29.6. The zero-order chi connectivity index (χ0) is 14.7. The van der Waals surface area contributed by atoms with E-state index >= 15 is 0 Å². The van der Waals surface area contributed by atoms with Crippen molar-refractivity contribution < 1.29 is 4.79 Å². The summed E-state index contributed by atoms with van der Waals surface area (Å²) in [6, 6.07) is 0.343. The number of nitrogens with one attached hydrogen (secondary N) is 1. The van der Waals surface area contributed by atoms with Crippen LogP contribution < -0.4 is 5.32 Å². The van der Waals surface area contributed by atoms with E-state index in [2.05, 4.69) is 42.8 Å². The van der Waals surface area contributed by atoms with Crippen molar-refractivity contribution >= 4 is 5.91 Å². The van der Waals surface area contributed by atoms with Crippen molar-refractivity contribution in [3.05, 3.63) is 0 Å². The molecular formula is C16H31N3O. The van der Waals surface area contributed by atoms with Gasteiger partial charge >= 0.3 is 0 Å². The molecule has 0 aliphatic carbocycles. The standard InChI is InChI=1S/C16H31N3O/c1-5-8-14-16(20)19(15(17-14)12(2)3)13(4)11-18-9-6-7-10-18/h12-15,17H,5-11H2,1-4H3. The van der Waals surface area contributed by atoms with Crippen molar-refractivity contribution in [1.29, 1.82) is 0 Å². The molecule has 0 saturated carbocycles. The van der Waals surface area contributed by atoms with Gasteiger partial charge in [-0.2, -0.15) is 0 Å². The SMILES string of the molecule is CCCC1NC(C(C)C)N(C(C)CN2CCCC2)C1=O. The van der Waals surface area contributed by atoms with E-state index < -0.39 is 0 Å². The van der Waals surface area contributed by atoms with Gasteiger partial charge in [0.05, 0.1) is 12.2 Å². The lowest BCUT2D eigenvalue weighted by Crippen LogP contribution is -2.50. The highest BCUT2D eigenvalue weighted by atomic mass is 16.2. The van der Waals surface area contributed by atoms with Crippen molar-refractivity contribution in [1.82, 2.24) is 15.1 Å². The molecule has 2 saturated heterocycles. The number of carbonyl (C=O) groups excluding carboxylic acids is 1. The Morgan fingerprint density at radius 2 is 1.90 bits per heavy atom. The van der Waals surface area contributed by atoms with Crippen LogP contribution in [0.3, 0.4) is 0 Å². The van der Waals surface area contributed by atoms with E-state index in [0.29, 0.717) is 17.9 Å². The van der Waals surface area contributed by atoms with E-state index in [4.69, 9.17) is 0 Å². The van der Waals surface area contributed by atoms with E-state index in [1.807, 2.05) is 0 Å². The van der Waals surface area contributed by atoms with E-state index in [1.165, 1.54) is 25.9 Å². The van der Waals surface area contributed by atoms with Gasteiger partial charge < -0.3 is 9.80 Å².